The molecule has 0 atom stereocenters. The first-order valence-corrected chi connectivity index (χ1v) is 6.15. The zero-order valence-corrected chi connectivity index (χ0v) is 10.9. The van der Waals surface area contributed by atoms with Crippen LogP contribution in [0.3, 0.4) is 0 Å². The Morgan fingerprint density at radius 1 is 1.41 bits per heavy atom. The van der Waals surface area contributed by atoms with Crippen LogP contribution >= 0.6 is 15.9 Å². The predicted molar refractivity (Wildman–Crippen MR) is 66.6 cm³/mol. The van der Waals surface area contributed by atoms with Crippen LogP contribution in [-0.4, -0.2) is 20.8 Å². The number of nitrogens with zero attached hydrogens (tertiary/aromatic N) is 3. The van der Waals surface area contributed by atoms with E-state index in [0.29, 0.717) is 13.0 Å². The molecular formula is C12H10BrN3O. The first-order chi connectivity index (χ1) is 8.15. The van der Waals surface area contributed by atoms with Crippen molar-refractivity contribution in [2.75, 3.05) is 0 Å². The van der Waals surface area contributed by atoms with E-state index in [1.165, 1.54) is 0 Å². The highest BCUT2D eigenvalue weighted by molar-refractivity contribution is 9.10. The number of halogens is 1. The molecule has 3 rings (SSSR count). The summed E-state index contributed by atoms with van der Waals surface area (Å²) < 4.78 is 2.69. The number of fused-ring (bicyclic) bond motifs is 3. The summed E-state index contributed by atoms with van der Waals surface area (Å²) in [6.07, 6.45) is 0.464. The van der Waals surface area contributed by atoms with Crippen molar-refractivity contribution in [2.24, 2.45) is 0 Å². The van der Waals surface area contributed by atoms with E-state index in [2.05, 4.69) is 26.2 Å². The van der Waals surface area contributed by atoms with Crippen LogP contribution in [-0.2, 0) is 17.8 Å². The summed E-state index contributed by atoms with van der Waals surface area (Å²) in [5.41, 5.74) is 3.90. The Labute approximate surface area is 107 Å². The number of hydrogen-bond acceptors (Lipinski definition) is 3. The Morgan fingerprint density at radius 3 is 3.06 bits per heavy atom. The molecule has 0 fully saturated rings. The van der Waals surface area contributed by atoms with Gasteiger partial charge in [-0.05, 0) is 24.6 Å². The number of carbonyl (C=O) groups is 1. The first-order valence-electron chi connectivity index (χ1n) is 5.36. The summed E-state index contributed by atoms with van der Waals surface area (Å²) in [7, 11) is 0. The minimum absolute atomic E-state index is 0.164. The number of carbonyl (C=O) groups excluding carboxylic acids is 1. The Kier molecular flexibility index (Phi) is 2.36. The third-order valence-corrected chi connectivity index (χ3v) is 3.44. The molecule has 0 saturated carbocycles. The van der Waals surface area contributed by atoms with E-state index >= 15 is 0 Å². The maximum absolute atomic E-state index is 11.8. The molecule has 0 amide bonds. The van der Waals surface area contributed by atoms with Gasteiger partial charge in [0.2, 0.25) is 0 Å². The molecule has 0 N–H and O–H groups in total. The fourth-order valence-electron chi connectivity index (χ4n) is 2.20. The summed E-state index contributed by atoms with van der Waals surface area (Å²) in [4.78, 5) is 11.8. The molecular weight excluding hydrogens is 282 g/mol. The summed E-state index contributed by atoms with van der Waals surface area (Å²) in [5, 5.41) is 8.07. The van der Waals surface area contributed by atoms with Crippen molar-refractivity contribution in [1.82, 2.24) is 15.0 Å². The van der Waals surface area contributed by atoms with Crippen LogP contribution in [0.2, 0.25) is 0 Å². The van der Waals surface area contributed by atoms with Gasteiger partial charge in [0, 0.05) is 16.5 Å². The van der Waals surface area contributed by atoms with Gasteiger partial charge in [-0.2, -0.15) is 0 Å². The van der Waals surface area contributed by atoms with Crippen molar-refractivity contribution in [3.05, 3.63) is 33.9 Å². The zero-order valence-electron chi connectivity index (χ0n) is 9.27. The zero-order chi connectivity index (χ0) is 12.0. The molecule has 2 heterocycles. The molecule has 1 aromatic carbocycles. The van der Waals surface area contributed by atoms with E-state index in [0.717, 1.165) is 27.0 Å². The fraction of sp³-hybridized carbons (Fsp3) is 0.250. The van der Waals surface area contributed by atoms with E-state index in [1.807, 2.05) is 25.1 Å². The molecule has 1 aliphatic rings. The lowest BCUT2D eigenvalue weighted by Gasteiger charge is -2.06. The van der Waals surface area contributed by atoms with Gasteiger partial charge in [0.25, 0.3) is 0 Å². The Bertz CT molecular complexity index is 618. The maximum atomic E-state index is 11.8. The Balaban J connectivity index is 2.33. The van der Waals surface area contributed by atoms with E-state index in [9.17, 15) is 4.79 Å². The van der Waals surface area contributed by atoms with Crippen LogP contribution in [0.4, 0.5) is 0 Å². The van der Waals surface area contributed by atoms with Crippen molar-refractivity contribution in [3.63, 3.8) is 0 Å². The second-order valence-corrected chi connectivity index (χ2v) is 5.11. The van der Waals surface area contributed by atoms with Gasteiger partial charge in [-0.1, -0.05) is 27.2 Å². The fourth-order valence-corrected chi connectivity index (χ4v) is 2.56. The van der Waals surface area contributed by atoms with Gasteiger partial charge in [-0.25, -0.2) is 4.68 Å². The van der Waals surface area contributed by atoms with Crippen LogP contribution in [0.25, 0.3) is 11.3 Å². The van der Waals surface area contributed by atoms with Gasteiger partial charge in [0.15, 0.2) is 5.78 Å². The second-order valence-electron chi connectivity index (χ2n) is 4.20. The molecule has 0 spiro atoms. The van der Waals surface area contributed by atoms with E-state index in [4.69, 9.17) is 0 Å². The number of Topliss-reactive ketones (excluding diaryl/α,β-unsaturated/α-hetero) is 1. The number of aryl methyl sites for hydroxylation is 1. The van der Waals surface area contributed by atoms with Gasteiger partial charge in [0.1, 0.15) is 6.54 Å². The highest BCUT2D eigenvalue weighted by Gasteiger charge is 2.22. The number of rotatable bonds is 0. The molecule has 0 aliphatic carbocycles. The normalized spacial score (nSPS) is 14.1. The molecule has 2 aromatic rings. The predicted octanol–water partition coefficient (Wildman–Crippen LogP) is 2.14. The Morgan fingerprint density at radius 2 is 2.24 bits per heavy atom. The average Bonchev–Trinajstić information content (AvgIpc) is 2.56. The van der Waals surface area contributed by atoms with Crippen LogP contribution in [0.5, 0.6) is 0 Å². The second kappa shape index (κ2) is 3.77. The lowest BCUT2D eigenvalue weighted by atomic mass is 10.0. The summed E-state index contributed by atoms with van der Waals surface area (Å²) in [6, 6.07) is 5.97. The van der Waals surface area contributed by atoms with Crippen LogP contribution in [0, 0.1) is 6.92 Å². The SMILES string of the molecule is Cc1nnn2c1-c1cc(Br)ccc1CC(=O)C2. The van der Waals surface area contributed by atoms with Gasteiger partial charge < -0.3 is 0 Å². The molecule has 1 aliphatic heterocycles. The summed E-state index contributed by atoms with van der Waals surface area (Å²) in [5.74, 6) is 0.164. The minimum atomic E-state index is 0.164. The molecule has 0 unspecified atom stereocenters. The van der Waals surface area contributed by atoms with Crippen molar-refractivity contribution in [1.29, 1.82) is 0 Å². The van der Waals surface area contributed by atoms with Gasteiger partial charge >= 0.3 is 0 Å². The van der Waals surface area contributed by atoms with E-state index in [1.54, 1.807) is 4.68 Å². The summed E-state index contributed by atoms with van der Waals surface area (Å²) >= 11 is 3.46. The average molecular weight is 292 g/mol. The molecule has 5 heteroatoms. The molecule has 86 valence electrons. The lowest BCUT2D eigenvalue weighted by molar-refractivity contribution is -0.119. The smallest absolute Gasteiger partial charge is 0.158 e. The van der Waals surface area contributed by atoms with Crippen molar-refractivity contribution in [2.45, 2.75) is 19.9 Å². The Hall–Kier alpha value is -1.49. The highest BCUT2D eigenvalue weighted by atomic mass is 79.9. The van der Waals surface area contributed by atoms with Crippen molar-refractivity contribution in [3.8, 4) is 11.3 Å². The van der Waals surface area contributed by atoms with E-state index in [-0.39, 0.29) is 5.78 Å². The maximum Gasteiger partial charge on any atom is 0.158 e. The highest BCUT2D eigenvalue weighted by Crippen LogP contribution is 2.31. The van der Waals surface area contributed by atoms with Crippen molar-refractivity contribution >= 4 is 21.7 Å². The number of aromatic nitrogens is 3. The molecule has 4 nitrogen and oxygen atoms in total. The standard InChI is InChI=1S/C12H10BrN3O/c1-7-12-11-5-9(13)3-2-8(11)4-10(17)6-16(12)15-14-7/h2-3,5H,4,6H2,1H3. The van der Waals surface area contributed by atoms with E-state index < -0.39 is 0 Å². The molecule has 0 radical (unpaired) electrons. The first kappa shape index (κ1) is 10.7. The van der Waals surface area contributed by atoms with Gasteiger partial charge in [-0.3, -0.25) is 4.79 Å². The topological polar surface area (TPSA) is 47.8 Å². The quantitative estimate of drug-likeness (QED) is 0.747. The minimum Gasteiger partial charge on any atom is -0.297 e. The summed E-state index contributed by atoms with van der Waals surface area (Å²) in [6.45, 7) is 2.22. The van der Waals surface area contributed by atoms with Crippen LogP contribution < -0.4 is 0 Å². The lowest BCUT2D eigenvalue weighted by Crippen LogP contribution is -2.11. The van der Waals surface area contributed by atoms with Gasteiger partial charge in [0.05, 0.1) is 11.4 Å². The molecule has 17 heavy (non-hydrogen) atoms. The largest absolute Gasteiger partial charge is 0.297 e. The number of hydrogen-bond donors (Lipinski definition) is 0. The number of benzene rings is 1. The molecule has 1 aromatic heterocycles. The van der Waals surface area contributed by atoms with Crippen molar-refractivity contribution < 1.29 is 4.79 Å². The monoisotopic (exact) mass is 291 g/mol. The molecule has 0 saturated heterocycles. The third-order valence-electron chi connectivity index (χ3n) is 2.94. The number of ketones is 1. The third kappa shape index (κ3) is 1.70. The van der Waals surface area contributed by atoms with Gasteiger partial charge in [-0.15, -0.1) is 5.10 Å². The van der Waals surface area contributed by atoms with Crippen LogP contribution in [0.1, 0.15) is 11.3 Å². The molecule has 0 bridgehead atoms. The van der Waals surface area contributed by atoms with Crippen LogP contribution in [0.15, 0.2) is 22.7 Å².